The Labute approximate surface area is 188 Å². The Balaban J connectivity index is 1.20. The molecule has 0 radical (unpaired) electrons. The number of aromatic nitrogens is 5. The van der Waals surface area contributed by atoms with Crippen LogP contribution in [0.25, 0.3) is 11.0 Å². The first-order valence-corrected chi connectivity index (χ1v) is 11.5. The summed E-state index contributed by atoms with van der Waals surface area (Å²) in [6.07, 6.45) is 11.1. The van der Waals surface area contributed by atoms with Crippen molar-refractivity contribution in [2.75, 3.05) is 6.61 Å². The van der Waals surface area contributed by atoms with E-state index in [9.17, 15) is 4.79 Å². The first-order valence-electron chi connectivity index (χ1n) is 11.5. The van der Waals surface area contributed by atoms with Gasteiger partial charge in [-0.3, -0.25) is 29.3 Å². The molecule has 5 rings (SSSR count). The maximum atomic E-state index is 13.2. The van der Waals surface area contributed by atoms with Crippen LogP contribution >= 0.6 is 0 Å². The highest BCUT2D eigenvalue weighted by Gasteiger charge is 2.38. The fourth-order valence-corrected chi connectivity index (χ4v) is 5.11. The van der Waals surface area contributed by atoms with E-state index in [1.165, 1.54) is 5.56 Å². The number of hydroxylamine groups is 2. The van der Waals surface area contributed by atoms with Crippen LogP contribution in [0.15, 0.2) is 24.7 Å². The normalized spacial score (nSPS) is 23.7. The SMILES string of the molecule is Cc1cnc([C@@H]2CCON2C(=O)[C@H]2CC[C@H](Cc3cnc4c(C)nn(C)c4c3)CC2)cn1. The summed E-state index contributed by atoms with van der Waals surface area (Å²) in [6, 6.07) is 2.08. The summed E-state index contributed by atoms with van der Waals surface area (Å²) in [4.78, 5) is 32.4. The van der Waals surface area contributed by atoms with Crippen LogP contribution in [-0.2, 0) is 23.1 Å². The highest BCUT2D eigenvalue weighted by atomic mass is 16.7. The second-order valence-corrected chi connectivity index (χ2v) is 9.23. The molecule has 168 valence electrons. The Morgan fingerprint density at radius 1 is 1.06 bits per heavy atom. The number of carbonyl (C=O) groups is 1. The van der Waals surface area contributed by atoms with Crippen molar-refractivity contribution in [2.45, 2.75) is 58.4 Å². The average Bonchev–Trinajstić information content (AvgIpc) is 3.39. The second-order valence-electron chi connectivity index (χ2n) is 9.23. The molecule has 1 atom stereocenters. The number of hydrogen-bond acceptors (Lipinski definition) is 6. The lowest BCUT2D eigenvalue weighted by Crippen LogP contribution is -2.37. The predicted octanol–water partition coefficient (Wildman–Crippen LogP) is 3.63. The quantitative estimate of drug-likeness (QED) is 0.623. The molecule has 1 saturated heterocycles. The summed E-state index contributed by atoms with van der Waals surface area (Å²) >= 11 is 0. The zero-order valence-electron chi connectivity index (χ0n) is 19.0. The highest BCUT2D eigenvalue weighted by molar-refractivity contribution is 5.79. The minimum atomic E-state index is -0.131. The smallest absolute Gasteiger partial charge is 0.249 e. The molecule has 3 aromatic heterocycles. The van der Waals surface area contributed by atoms with E-state index < -0.39 is 0 Å². The zero-order valence-corrected chi connectivity index (χ0v) is 19.0. The fraction of sp³-hybridized carbons (Fsp3) is 0.542. The van der Waals surface area contributed by atoms with Gasteiger partial charge in [0.25, 0.3) is 0 Å². The van der Waals surface area contributed by atoms with Gasteiger partial charge in [-0.2, -0.15) is 5.10 Å². The summed E-state index contributed by atoms with van der Waals surface area (Å²) in [5.74, 6) is 0.693. The van der Waals surface area contributed by atoms with Gasteiger partial charge in [0.1, 0.15) is 11.6 Å². The van der Waals surface area contributed by atoms with Crippen LogP contribution < -0.4 is 0 Å². The molecule has 8 heteroatoms. The van der Waals surface area contributed by atoms with Crippen LogP contribution in [0.1, 0.15) is 60.8 Å². The van der Waals surface area contributed by atoms with Gasteiger partial charge in [-0.15, -0.1) is 0 Å². The van der Waals surface area contributed by atoms with E-state index in [0.717, 1.165) is 66.6 Å². The van der Waals surface area contributed by atoms with Gasteiger partial charge in [0.15, 0.2) is 0 Å². The van der Waals surface area contributed by atoms with E-state index in [1.54, 1.807) is 17.5 Å². The number of nitrogens with zero attached hydrogens (tertiary/aromatic N) is 6. The van der Waals surface area contributed by atoms with Gasteiger partial charge in [0.2, 0.25) is 5.91 Å². The van der Waals surface area contributed by atoms with Crippen molar-refractivity contribution in [1.29, 1.82) is 0 Å². The monoisotopic (exact) mass is 434 g/mol. The van der Waals surface area contributed by atoms with Crippen LogP contribution in [-0.4, -0.2) is 42.3 Å². The molecule has 2 fully saturated rings. The number of amides is 1. The van der Waals surface area contributed by atoms with Gasteiger partial charge in [0.05, 0.1) is 35.4 Å². The first kappa shape index (κ1) is 21.0. The minimum absolute atomic E-state index is 0.0191. The second kappa shape index (κ2) is 8.58. The van der Waals surface area contributed by atoms with Crippen LogP contribution in [0, 0.1) is 25.7 Å². The van der Waals surface area contributed by atoms with Crippen LogP contribution in [0.5, 0.6) is 0 Å². The number of pyridine rings is 1. The third kappa shape index (κ3) is 3.99. The molecule has 0 aromatic carbocycles. The van der Waals surface area contributed by atoms with Crippen molar-refractivity contribution in [3.8, 4) is 0 Å². The molecule has 0 spiro atoms. The lowest BCUT2D eigenvalue weighted by Gasteiger charge is -2.31. The third-order valence-electron chi connectivity index (χ3n) is 6.90. The van der Waals surface area contributed by atoms with E-state index in [2.05, 4.69) is 26.1 Å². The van der Waals surface area contributed by atoms with Gasteiger partial charge in [-0.25, -0.2) is 5.06 Å². The van der Waals surface area contributed by atoms with E-state index in [4.69, 9.17) is 4.84 Å². The van der Waals surface area contributed by atoms with Crippen molar-refractivity contribution in [2.24, 2.45) is 18.9 Å². The lowest BCUT2D eigenvalue weighted by atomic mass is 9.79. The maximum absolute atomic E-state index is 13.2. The molecule has 1 saturated carbocycles. The van der Waals surface area contributed by atoms with Crippen molar-refractivity contribution >= 4 is 16.9 Å². The Bertz CT molecular complexity index is 1120. The van der Waals surface area contributed by atoms with E-state index in [1.807, 2.05) is 31.8 Å². The summed E-state index contributed by atoms with van der Waals surface area (Å²) in [5, 5.41) is 6.05. The van der Waals surface area contributed by atoms with Gasteiger partial charge in [-0.1, -0.05) is 0 Å². The molecule has 1 aliphatic carbocycles. The largest absolute Gasteiger partial charge is 0.272 e. The van der Waals surface area contributed by atoms with Crippen LogP contribution in [0.3, 0.4) is 0 Å². The Kier molecular flexibility index (Phi) is 5.63. The van der Waals surface area contributed by atoms with Crippen molar-refractivity contribution in [3.05, 3.63) is 47.3 Å². The first-order chi connectivity index (χ1) is 15.5. The van der Waals surface area contributed by atoms with Gasteiger partial charge in [-0.05, 0) is 63.5 Å². The van der Waals surface area contributed by atoms with Crippen molar-refractivity contribution in [3.63, 3.8) is 0 Å². The number of rotatable bonds is 4. The molecule has 0 unspecified atom stereocenters. The maximum Gasteiger partial charge on any atom is 0.249 e. The van der Waals surface area contributed by atoms with E-state index in [0.29, 0.717) is 12.5 Å². The number of carbonyl (C=O) groups excluding carboxylic acids is 1. The molecular formula is C24H30N6O2. The third-order valence-corrected chi connectivity index (χ3v) is 6.90. The Morgan fingerprint density at radius 2 is 1.88 bits per heavy atom. The Hall–Kier alpha value is -2.87. The minimum Gasteiger partial charge on any atom is -0.272 e. The molecule has 32 heavy (non-hydrogen) atoms. The zero-order chi connectivity index (χ0) is 22.2. The van der Waals surface area contributed by atoms with E-state index in [-0.39, 0.29) is 17.9 Å². The molecule has 8 nitrogen and oxygen atoms in total. The van der Waals surface area contributed by atoms with Gasteiger partial charge < -0.3 is 0 Å². The van der Waals surface area contributed by atoms with Crippen molar-refractivity contribution < 1.29 is 9.63 Å². The number of fused-ring (bicyclic) bond motifs is 1. The lowest BCUT2D eigenvalue weighted by molar-refractivity contribution is -0.183. The van der Waals surface area contributed by atoms with Crippen molar-refractivity contribution in [1.82, 2.24) is 29.8 Å². The highest BCUT2D eigenvalue weighted by Crippen LogP contribution is 2.36. The van der Waals surface area contributed by atoms with Gasteiger partial charge >= 0.3 is 0 Å². The topological polar surface area (TPSA) is 86.0 Å². The molecule has 0 bridgehead atoms. The fourth-order valence-electron chi connectivity index (χ4n) is 5.11. The number of aryl methyl sites for hydroxylation is 3. The molecule has 4 heterocycles. The number of hydrogen-bond donors (Lipinski definition) is 0. The summed E-state index contributed by atoms with van der Waals surface area (Å²) in [7, 11) is 1.97. The van der Waals surface area contributed by atoms with Crippen LogP contribution in [0.4, 0.5) is 0 Å². The summed E-state index contributed by atoms with van der Waals surface area (Å²) in [6.45, 7) is 4.45. The summed E-state index contributed by atoms with van der Waals surface area (Å²) in [5.41, 5.74) is 5.95. The molecule has 1 amide bonds. The molecular weight excluding hydrogens is 404 g/mol. The Morgan fingerprint density at radius 3 is 2.62 bits per heavy atom. The molecule has 1 aliphatic heterocycles. The van der Waals surface area contributed by atoms with Gasteiger partial charge in [0, 0.05) is 31.8 Å². The molecule has 3 aromatic rings. The predicted molar refractivity (Wildman–Crippen MR) is 119 cm³/mol. The van der Waals surface area contributed by atoms with Crippen LogP contribution in [0.2, 0.25) is 0 Å². The summed E-state index contributed by atoms with van der Waals surface area (Å²) < 4.78 is 1.90. The van der Waals surface area contributed by atoms with E-state index >= 15 is 0 Å². The average molecular weight is 435 g/mol. The standard InChI is InChI=1S/C24H30N6O2/c1-15-12-26-20(14-25-15)21-8-9-32-30(21)24(31)19-6-4-17(5-7-19)10-18-11-22-23(27-13-18)16(2)28-29(22)3/h11-14,17,19,21H,4-10H2,1-3H3/t17-,19-,21-/m0/s1. The molecule has 0 N–H and O–H groups in total. The molecule has 2 aliphatic rings.